The van der Waals surface area contributed by atoms with Crippen LogP contribution in [0.15, 0.2) is 41.3 Å². The summed E-state index contributed by atoms with van der Waals surface area (Å²) in [5, 5.41) is 10.6. The van der Waals surface area contributed by atoms with Crippen LogP contribution >= 0.6 is 0 Å². The maximum absolute atomic E-state index is 13.1. The van der Waals surface area contributed by atoms with Crippen molar-refractivity contribution in [3.05, 3.63) is 36.4 Å². The summed E-state index contributed by atoms with van der Waals surface area (Å²) < 4.78 is 27.4. The van der Waals surface area contributed by atoms with Crippen LogP contribution in [0, 0.1) is 11.8 Å². The Kier molecular flexibility index (Phi) is 7.85. The first-order valence-corrected chi connectivity index (χ1v) is 11.1. The standard InChI is InChI=1S/C20H33N3O3S/c1-15(2)13-23(27(25,26)18-10-8-17(21)9-11-18)14-20(24)19(22)12-16-6-4-3-5-7-16/h3-4,8-11,15-16,19-20,24H,5-7,12-14,21-22H2,1-2H3/t16?,19-,20+/m0/s1. The smallest absolute Gasteiger partial charge is 0.243 e. The molecule has 0 fully saturated rings. The number of nitrogens with zero attached hydrogens (tertiary/aromatic N) is 1. The van der Waals surface area contributed by atoms with Crippen molar-refractivity contribution >= 4 is 15.7 Å². The lowest BCUT2D eigenvalue weighted by molar-refractivity contribution is 0.105. The van der Waals surface area contributed by atoms with E-state index in [0.29, 0.717) is 24.6 Å². The molecule has 5 N–H and O–H groups in total. The van der Waals surface area contributed by atoms with Gasteiger partial charge < -0.3 is 16.6 Å². The number of aliphatic hydroxyl groups excluding tert-OH is 1. The van der Waals surface area contributed by atoms with Crippen molar-refractivity contribution in [1.82, 2.24) is 4.31 Å². The number of anilines is 1. The average molecular weight is 396 g/mol. The third-order valence-electron chi connectivity index (χ3n) is 4.95. The van der Waals surface area contributed by atoms with Gasteiger partial charge in [-0.05, 0) is 61.8 Å². The minimum Gasteiger partial charge on any atom is -0.399 e. The lowest BCUT2D eigenvalue weighted by Crippen LogP contribution is -2.47. The van der Waals surface area contributed by atoms with Crippen molar-refractivity contribution in [2.45, 2.75) is 56.6 Å². The van der Waals surface area contributed by atoms with Gasteiger partial charge in [-0.3, -0.25) is 0 Å². The first-order valence-electron chi connectivity index (χ1n) is 9.64. The number of sulfonamides is 1. The molecule has 1 aliphatic rings. The van der Waals surface area contributed by atoms with Gasteiger partial charge in [0.25, 0.3) is 0 Å². The largest absolute Gasteiger partial charge is 0.399 e. The van der Waals surface area contributed by atoms with Gasteiger partial charge in [0.2, 0.25) is 10.0 Å². The molecule has 0 radical (unpaired) electrons. The zero-order valence-corrected chi connectivity index (χ0v) is 17.1. The molecule has 0 amide bonds. The molecule has 1 aliphatic carbocycles. The Balaban J connectivity index is 2.10. The van der Waals surface area contributed by atoms with E-state index >= 15 is 0 Å². The topological polar surface area (TPSA) is 110 Å². The molecular weight excluding hydrogens is 362 g/mol. The second-order valence-corrected chi connectivity index (χ2v) is 9.84. The van der Waals surface area contributed by atoms with E-state index in [1.165, 1.54) is 16.4 Å². The molecule has 152 valence electrons. The fraction of sp³-hybridized carbons (Fsp3) is 0.600. The van der Waals surface area contributed by atoms with Gasteiger partial charge in [0.1, 0.15) is 0 Å². The van der Waals surface area contributed by atoms with Gasteiger partial charge in [0, 0.05) is 24.8 Å². The molecule has 0 bridgehead atoms. The summed E-state index contributed by atoms with van der Waals surface area (Å²) in [6.45, 7) is 4.22. The first kappa shape index (κ1) is 21.9. The van der Waals surface area contributed by atoms with Crippen molar-refractivity contribution in [2.24, 2.45) is 17.6 Å². The van der Waals surface area contributed by atoms with Gasteiger partial charge in [0.15, 0.2) is 0 Å². The van der Waals surface area contributed by atoms with E-state index in [0.717, 1.165) is 19.3 Å². The summed E-state index contributed by atoms with van der Waals surface area (Å²) in [6.07, 6.45) is 7.20. The van der Waals surface area contributed by atoms with Gasteiger partial charge in [-0.1, -0.05) is 26.0 Å². The number of hydrogen-bond donors (Lipinski definition) is 3. The first-order chi connectivity index (χ1) is 12.7. The van der Waals surface area contributed by atoms with Gasteiger partial charge in [-0.15, -0.1) is 0 Å². The van der Waals surface area contributed by atoms with Crippen LogP contribution < -0.4 is 11.5 Å². The highest BCUT2D eigenvalue weighted by Crippen LogP contribution is 2.24. The molecule has 3 atom stereocenters. The van der Waals surface area contributed by atoms with Crippen LogP contribution in [-0.2, 0) is 10.0 Å². The third-order valence-corrected chi connectivity index (χ3v) is 6.80. The fourth-order valence-electron chi connectivity index (χ4n) is 3.42. The molecule has 0 saturated carbocycles. The maximum Gasteiger partial charge on any atom is 0.243 e. The lowest BCUT2D eigenvalue weighted by Gasteiger charge is -2.30. The minimum absolute atomic E-state index is 0.00534. The van der Waals surface area contributed by atoms with Crippen molar-refractivity contribution in [1.29, 1.82) is 0 Å². The number of rotatable bonds is 9. The number of allylic oxidation sites excluding steroid dienone is 2. The maximum atomic E-state index is 13.1. The zero-order valence-electron chi connectivity index (χ0n) is 16.3. The van der Waals surface area contributed by atoms with Crippen LogP contribution in [0.2, 0.25) is 0 Å². The second-order valence-electron chi connectivity index (χ2n) is 7.90. The Morgan fingerprint density at radius 3 is 2.41 bits per heavy atom. The number of nitrogen functional groups attached to an aromatic ring is 1. The normalized spacial score (nSPS) is 20.1. The Morgan fingerprint density at radius 1 is 1.19 bits per heavy atom. The highest BCUT2D eigenvalue weighted by molar-refractivity contribution is 7.89. The molecule has 0 saturated heterocycles. The summed E-state index contributed by atoms with van der Waals surface area (Å²) in [4.78, 5) is 0.176. The van der Waals surface area contributed by atoms with Crippen molar-refractivity contribution < 1.29 is 13.5 Å². The van der Waals surface area contributed by atoms with E-state index in [1.54, 1.807) is 12.1 Å². The van der Waals surface area contributed by atoms with Crippen LogP contribution in [0.25, 0.3) is 0 Å². The molecule has 0 aliphatic heterocycles. The number of hydrogen-bond acceptors (Lipinski definition) is 5. The molecule has 2 rings (SSSR count). The van der Waals surface area contributed by atoms with Crippen molar-refractivity contribution in [3.8, 4) is 0 Å². The van der Waals surface area contributed by atoms with E-state index in [-0.39, 0.29) is 17.4 Å². The van der Waals surface area contributed by atoms with Gasteiger partial charge in [-0.25, -0.2) is 8.42 Å². The van der Waals surface area contributed by atoms with E-state index in [2.05, 4.69) is 12.2 Å². The predicted octanol–water partition coefficient (Wildman–Crippen LogP) is 2.35. The Morgan fingerprint density at radius 2 is 1.85 bits per heavy atom. The number of benzene rings is 1. The average Bonchev–Trinajstić information content (AvgIpc) is 2.62. The summed E-state index contributed by atoms with van der Waals surface area (Å²) >= 11 is 0. The molecule has 1 unspecified atom stereocenters. The lowest BCUT2D eigenvalue weighted by atomic mass is 9.87. The van der Waals surface area contributed by atoms with E-state index in [1.807, 2.05) is 13.8 Å². The molecule has 6 nitrogen and oxygen atoms in total. The number of aliphatic hydroxyl groups is 1. The Bertz CT molecular complexity index is 716. The monoisotopic (exact) mass is 395 g/mol. The molecule has 0 heterocycles. The van der Waals surface area contributed by atoms with E-state index in [9.17, 15) is 13.5 Å². The highest BCUT2D eigenvalue weighted by atomic mass is 32.2. The van der Waals surface area contributed by atoms with Gasteiger partial charge in [0.05, 0.1) is 11.0 Å². The SMILES string of the molecule is CC(C)CN(C[C@@H](O)[C@@H](N)CC1CC=CCC1)S(=O)(=O)c1ccc(N)cc1. The summed E-state index contributed by atoms with van der Waals surface area (Å²) in [7, 11) is -3.72. The molecule has 1 aromatic rings. The summed E-state index contributed by atoms with van der Waals surface area (Å²) in [5.74, 6) is 0.576. The Labute approximate surface area is 163 Å². The van der Waals surface area contributed by atoms with Crippen LogP contribution in [-0.4, -0.2) is 43.1 Å². The fourth-order valence-corrected chi connectivity index (χ4v) is 5.04. The Hall–Kier alpha value is -1.41. The molecular formula is C20H33N3O3S. The van der Waals surface area contributed by atoms with Crippen LogP contribution in [0.5, 0.6) is 0 Å². The quantitative estimate of drug-likeness (QED) is 0.439. The predicted molar refractivity (Wildman–Crippen MR) is 110 cm³/mol. The molecule has 0 aromatic heterocycles. The molecule has 1 aromatic carbocycles. The van der Waals surface area contributed by atoms with Crippen LogP contribution in [0.1, 0.15) is 39.5 Å². The number of nitrogens with two attached hydrogens (primary N) is 2. The van der Waals surface area contributed by atoms with Crippen molar-refractivity contribution in [2.75, 3.05) is 18.8 Å². The summed E-state index contributed by atoms with van der Waals surface area (Å²) in [5.41, 5.74) is 12.4. The highest BCUT2D eigenvalue weighted by Gasteiger charge is 2.30. The summed E-state index contributed by atoms with van der Waals surface area (Å²) in [6, 6.07) is 5.69. The molecule has 27 heavy (non-hydrogen) atoms. The molecule has 0 spiro atoms. The van der Waals surface area contributed by atoms with E-state index < -0.39 is 22.2 Å². The van der Waals surface area contributed by atoms with Gasteiger partial charge >= 0.3 is 0 Å². The minimum atomic E-state index is -3.72. The third kappa shape index (κ3) is 6.31. The van der Waals surface area contributed by atoms with E-state index in [4.69, 9.17) is 11.5 Å². The van der Waals surface area contributed by atoms with Gasteiger partial charge in [-0.2, -0.15) is 4.31 Å². The zero-order chi connectivity index (χ0) is 20.0. The van der Waals surface area contributed by atoms with Crippen molar-refractivity contribution in [3.63, 3.8) is 0 Å². The van der Waals surface area contributed by atoms with Crippen LogP contribution in [0.4, 0.5) is 5.69 Å². The van der Waals surface area contributed by atoms with Crippen LogP contribution in [0.3, 0.4) is 0 Å². The second kappa shape index (κ2) is 9.68. The molecule has 7 heteroatoms.